The van der Waals surface area contributed by atoms with Gasteiger partial charge in [-0.25, -0.2) is 0 Å². The first-order valence-electron chi connectivity index (χ1n) is 3.84. The smallest absolute Gasteiger partial charge is 0.133 e. The van der Waals surface area contributed by atoms with Crippen molar-refractivity contribution in [2.24, 2.45) is 0 Å². The van der Waals surface area contributed by atoms with Crippen LogP contribution in [0.5, 0.6) is 11.5 Å². The molecular weight excluding hydrogens is 172 g/mol. The molecule has 1 heterocycles. The molecule has 0 bridgehead atoms. The summed E-state index contributed by atoms with van der Waals surface area (Å²) in [5.74, 6) is 2.90. The van der Waals surface area contributed by atoms with E-state index in [9.17, 15) is 0 Å². The lowest BCUT2D eigenvalue weighted by molar-refractivity contribution is 0.328. The molecule has 0 atom stereocenters. The summed E-state index contributed by atoms with van der Waals surface area (Å²) in [6, 6.07) is 5.89. The van der Waals surface area contributed by atoms with E-state index in [0.717, 1.165) is 23.9 Å². The Morgan fingerprint density at radius 2 is 2.42 bits per heavy atom. The standard InChI is InChI=1S/C9H10O2S/c1-10-7-2-3-8-9(6-7)12-5-4-11-8/h2-3,6H,4-5H2,1H3. The molecule has 64 valence electrons. The number of hydrogen-bond acceptors (Lipinski definition) is 3. The van der Waals surface area contributed by atoms with E-state index in [0.29, 0.717) is 0 Å². The molecule has 0 N–H and O–H groups in total. The molecule has 0 saturated carbocycles. The van der Waals surface area contributed by atoms with Gasteiger partial charge in [0.1, 0.15) is 11.5 Å². The van der Waals surface area contributed by atoms with Gasteiger partial charge in [0.15, 0.2) is 0 Å². The Morgan fingerprint density at radius 1 is 1.50 bits per heavy atom. The van der Waals surface area contributed by atoms with Crippen LogP contribution in [0.15, 0.2) is 23.1 Å². The van der Waals surface area contributed by atoms with E-state index in [1.807, 2.05) is 30.0 Å². The first kappa shape index (κ1) is 7.80. The number of thioether (sulfide) groups is 1. The van der Waals surface area contributed by atoms with Crippen molar-refractivity contribution in [3.63, 3.8) is 0 Å². The van der Waals surface area contributed by atoms with Gasteiger partial charge in [-0.05, 0) is 18.2 Å². The van der Waals surface area contributed by atoms with Crippen molar-refractivity contribution in [2.75, 3.05) is 19.5 Å². The third kappa shape index (κ3) is 1.37. The number of methoxy groups -OCH3 is 1. The van der Waals surface area contributed by atoms with Crippen molar-refractivity contribution in [3.8, 4) is 11.5 Å². The van der Waals surface area contributed by atoms with E-state index < -0.39 is 0 Å². The molecule has 1 aliphatic rings. The van der Waals surface area contributed by atoms with Gasteiger partial charge in [-0.15, -0.1) is 11.8 Å². The molecule has 0 fully saturated rings. The topological polar surface area (TPSA) is 18.5 Å². The molecule has 2 nitrogen and oxygen atoms in total. The molecule has 1 aromatic rings. The minimum Gasteiger partial charge on any atom is -0.497 e. The molecule has 0 amide bonds. The zero-order chi connectivity index (χ0) is 8.39. The van der Waals surface area contributed by atoms with Crippen molar-refractivity contribution >= 4 is 11.8 Å². The normalized spacial score (nSPS) is 14.8. The van der Waals surface area contributed by atoms with Crippen LogP contribution in [-0.2, 0) is 0 Å². The Morgan fingerprint density at radius 3 is 3.25 bits per heavy atom. The van der Waals surface area contributed by atoms with Gasteiger partial charge in [0, 0.05) is 5.75 Å². The minimum absolute atomic E-state index is 0.810. The second kappa shape index (κ2) is 3.27. The summed E-state index contributed by atoms with van der Waals surface area (Å²) in [6.07, 6.45) is 0. The fraction of sp³-hybridized carbons (Fsp3) is 0.333. The zero-order valence-electron chi connectivity index (χ0n) is 6.87. The van der Waals surface area contributed by atoms with E-state index in [2.05, 4.69) is 0 Å². The summed E-state index contributed by atoms with van der Waals surface area (Å²) < 4.78 is 10.6. The fourth-order valence-corrected chi connectivity index (χ4v) is 2.01. The van der Waals surface area contributed by atoms with E-state index >= 15 is 0 Å². The van der Waals surface area contributed by atoms with Gasteiger partial charge in [-0.3, -0.25) is 0 Å². The average molecular weight is 182 g/mol. The molecule has 12 heavy (non-hydrogen) atoms. The van der Waals surface area contributed by atoms with Crippen molar-refractivity contribution in [2.45, 2.75) is 4.90 Å². The predicted molar refractivity (Wildman–Crippen MR) is 49.2 cm³/mol. The van der Waals surface area contributed by atoms with Gasteiger partial charge in [0.2, 0.25) is 0 Å². The number of rotatable bonds is 1. The highest BCUT2D eigenvalue weighted by molar-refractivity contribution is 7.99. The summed E-state index contributed by atoms with van der Waals surface area (Å²) in [6.45, 7) is 0.810. The zero-order valence-corrected chi connectivity index (χ0v) is 7.69. The summed E-state index contributed by atoms with van der Waals surface area (Å²) in [4.78, 5) is 1.18. The molecule has 2 rings (SSSR count). The van der Waals surface area contributed by atoms with Gasteiger partial charge in [0.05, 0.1) is 18.6 Å². The largest absolute Gasteiger partial charge is 0.497 e. The van der Waals surface area contributed by atoms with Crippen molar-refractivity contribution in [1.29, 1.82) is 0 Å². The molecular formula is C9H10O2S. The van der Waals surface area contributed by atoms with Gasteiger partial charge < -0.3 is 9.47 Å². The minimum atomic E-state index is 0.810. The molecule has 3 heteroatoms. The maximum atomic E-state index is 5.45. The lowest BCUT2D eigenvalue weighted by Gasteiger charge is -2.16. The van der Waals surface area contributed by atoms with Gasteiger partial charge >= 0.3 is 0 Å². The molecule has 1 aromatic carbocycles. The summed E-state index contributed by atoms with van der Waals surface area (Å²) >= 11 is 1.81. The highest BCUT2D eigenvalue weighted by atomic mass is 32.2. The summed E-state index contributed by atoms with van der Waals surface area (Å²) in [5.41, 5.74) is 0. The van der Waals surface area contributed by atoms with Gasteiger partial charge in [0.25, 0.3) is 0 Å². The second-order valence-electron chi connectivity index (χ2n) is 2.51. The lowest BCUT2D eigenvalue weighted by atomic mass is 10.3. The maximum absolute atomic E-state index is 5.45. The predicted octanol–water partition coefficient (Wildman–Crippen LogP) is 2.18. The van der Waals surface area contributed by atoms with Crippen molar-refractivity contribution in [3.05, 3.63) is 18.2 Å². The first-order valence-corrected chi connectivity index (χ1v) is 4.82. The van der Waals surface area contributed by atoms with Crippen molar-refractivity contribution < 1.29 is 9.47 Å². The quantitative estimate of drug-likeness (QED) is 0.663. The molecule has 0 saturated heterocycles. The first-order chi connectivity index (χ1) is 5.90. The van der Waals surface area contributed by atoms with E-state index in [1.54, 1.807) is 7.11 Å². The molecule has 0 spiro atoms. The van der Waals surface area contributed by atoms with Crippen LogP contribution in [0.1, 0.15) is 0 Å². The Bertz CT molecular complexity index is 286. The van der Waals surface area contributed by atoms with E-state index in [1.165, 1.54) is 4.90 Å². The SMILES string of the molecule is COc1ccc2c(c1)SCCO2. The van der Waals surface area contributed by atoms with Gasteiger partial charge in [-0.2, -0.15) is 0 Å². The van der Waals surface area contributed by atoms with Crippen LogP contribution in [-0.4, -0.2) is 19.5 Å². The monoisotopic (exact) mass is 182 g/mol. The van der Waals surface area contributed by atoms with Crippen LogP contribution in [0.3, 0.4) is 0 Å². The Kier molecular flexibility index (Phi) is 2.13. The highest BCUT2D eigenvalue weighted by Crippen LogP contribution is 2.35. The Balaban J connectivity index is 2.36. The van der Waals surface area contributed by atoms with Gasteiger partial charge in [-0.1, -0.05) is 0 Å². The third-order valence-electron chi connectivity index (χ3n) is 1.75. The van der Waals surface area contributed by atoms with Crippen LogP contribution in [0.25, 0.3) is 0 Å². The Hall–Kier alpha value is -0.830. The summed E-state index contributed by atoms with van der Waals surface area (Å²) in [7, 11) is 1.68. The van der Waals surface area contributed by atoms with E-state index in [4.69, 9.17) is 9.47 Å². The average Bonchev–Trinajstić information content (AvgIpc) is 2.17. The Labute approximate surface area is 75.9 Å². The molecule has 0 unspecified atom stereocenters. The fourth-order valence-electron chi connectivity index (χ4n) is 1.15. The molecule has 0 aliphatic carbocycles. The van der Waals surface area contributed by atoms with Crippen LogP contribution in [0.4, 0.5) is 0 Å². The maximum Gasteiger partial charge on any atom is 0.133 e. The molecule has 0 radical (unpaired) electrons. The lowest BCUT2D eigenvalue weighted by Crippen LogP contribution is -2.06. The third-order valence-corrected chi connectivity index (χ3v) is 2.75. The second-order valence-corrected chi connectivity index (χ2v) is 3.65. The van der Waals surface area contributed by atoms with Crippen LogP contribution in [0, 0.1) is 0 Å². The summed E-state index contributed by atoms with van der Waals surface area (Å²) in [5, 5.41) is 0. The van der Waals surface area contributed by atoms with Crippen molar-refractivity contribution in [1.82, 2.24) is 0 Å². The number of benzene rings is 1. The highest BCUT2D eigenvalue weighted by Gasteiger charge is 2.10. The molecule has 1 aliphatic heterocycles. The van der Waals surface area contributed by atoms with Crippen LogP contribution < -0.4 is 9.47 Å². The van der Waals surface area contributed by atoms with Crippen LogP contribution in [0.2, 0.25) is 0 Å². The molecule has 0 aromatic heterocycles. The van der Waals surface area contributed by atoms with E-state index in [-0.39, 0.29) is 0 Å². The van der Waals surface area contributed by atoms with Crippen LogP contribution >= 0.6 is 11.8 Å². The number of ether oxygens (including phenoxy) is 2. The number of hydrogen-bond donors (Lipinski definition) is 0. The number of fused-ring (bicyclic) bond motifs is 1.